The fourth-order valence-electron chi connectivity index (χ4n) is 2.73. The van der Waals surface area contributed by atoms with Crippen LogP contribution in [0.5, 0.6) is 5.75 Å². The second-order valence-corrected chi connectivity index (χ2v) is 6.34. The van der Waals surface area contributed by atoms with E-state index in [1.807, 2.05) is 32.9 Å². The Bertz CT molecular complexity index is 975. The Morgan fingerprint density at radius 1 is 1.07 bits per heavy atom. The summed E-state index contributed by atoms with van der Waals surface area (Å²) in [5, 5.41) is 0. The number of benzene rings is 2. The molecule has 0 saturated carbocycles. The minimum absolute atomic E-state index is 0.0145. The van der Waals surface area contributed by atoms with Crippen LogP contribution in [0.25, 0.3) is 11.3 Å². The van der Waals surface area contributed by atoms with Gasteiger partial charge in [-0.05, 0) is 49.6 Å². The number of halogens is 2. The largest absolute Gasteiger partial charge is 0.441 e. The van der Waals surface area contributed by atoms with E-state index in [1.54, 1.807) is 0 Å². The van der Waals surface area contributed by atoms with E-state index in [0.717, 1.165) is 28.8 Å². The van der Waals surface area contributed by atoms with E-state index in [1.165, 1.54) is 12.3 Å². The van der Waals surface area contributed by atoms with Gasteiger partial charge in [-0.3, -0.25) is 4.79 Å². The summed E-state index contributed by atoms with van der Waals surface area (Å²) in [6.07, 6.45) is 1.45. The molecule has 0 aliphatic carbocycles. The van der Waals surface area contributed by atoms with Gasteiger partial charge in [0, 0.05) is 6.42 Å². The van der Waals surface area contributed by atoms with Gasteiger partial charge in [0.25, 0.3) is 0 Å². The van der Waals surface area contributed by atoms with Crippen molar-refractivity contribution in [3.05, 3.63) is 70.7 Å². The summed E-state index contributed by atoms with van der Waals surface area (Å²) in [6.45, 7) is 5.72. The van der Waals surface area contributed by atoms with Gasteiger partial charge in [0.2, 0.25) is 0 Å². The van der Waals surface area contributed by atoms with Gasteiger partial charge in [0.05, 0.1) is 18.2 Å². The fraction of sp³-hybridized carbons (Fsp3) is 0.238. The number of aromatic nitrogens is 1. The minimum Gasteiger partial charge on any atom is -0.441 e. The van der Waals surface area contributed by atoms with Crippen LogP contribution in [0.3, 0.4) is 0 Å². The van der Waals surface area contributed by atoms with E-state index in [0.29, 0.717) is 5.75 Å². The van der Waals surface area contributed by atoms with Gasteiger partial charge in [-0.2, -0.15) is 0 Å². The van der Waals surface area contributed by atoms with E-state index in [-0.39, 0.29) is 30.1 Å². The number of carbonyl (C=O) groups is 1. The molecule has 4 nitrogen and oxygen atoms in total. The fourth-order valence-corrected chi connectivity index (χ4v) is 2.73. The molecule has 1 heterocycles. The molecule has 0 fully saturated rings. The average molecular weight is 371 g/mol. The summed E-state index contributed by atoms with van der Waals surface area (Å²) in [7, 11) is 0. The van der Waals surface area contributed by atoms with Crippen LogP contribution in [0, 0.1) is 32.4 Å². The van der Waals surface area contributed by atoms with Gasteiger partial charge in [0.1, 0.15) is 17.4 Å². The van der Waals surface area contributed by atoms with Crippen LogP contribution in [0.1, 0.15) is 29.0 Å². The van der Waals surface area contributed by atoms with Gasteiger partial charge in [0.15, 0.2) is 11.7 Å². The Kier molecular flexibility index (Phi) is 5.35. The third-order valence-corrected chi connectivity index (χ3v) is 4.40. The monoisotopic (exact) mass is 371 g/mol. The van der Waals surface area contributed by atoms with E-state index < -0.39 is 17.6 Å². The molecule has 0 radical (unpaired) electrons. The summed E-state index contributed by atoms with van der Waals surface area (Å²) >= 11 is 0. The van der Waals surface area contributed by atoms with Crippen molar-refractivity contribution in [3.8, 4) is 17.1 Å². The number of carbonyl (C=O) groups excluding carboxylic acids is 1. The number of aryl methyl sites for hydroxylation is 3. The molecule has 27 heavy (non-hydrogen) atoms. The van der Waals surface area contributed by atoms with Crippen molar-refractivity contribution in [2.24, 2.45) is 0 Å². The summed E-state index contributed by atoms with van der Waals surface area (Å²) < 4.78 is 38.5. The van der Waals surface area contributed by atoms with Crippen molar-refractivity contribution in [3.63, 3.8) is 0 Å². The molecule has 140 valence electrons. The molecule has 6 heteroatoms. The number of esters is 1. The van der Waals surface area contributed by atoms with Gasteiger partial charge >= 0.3 is 5.97 Å². The Hall–Kier alpha value is -3.02. The average Bonchev–Trinajstić information content (AvgIpc) is 3.09. The highest BCUT2D eigenvalue weighted by atomic mass is 19.1. The second-order valence-electron chi connectivity index (χ2n) is 6.34. The number of hydrogen-bond donors (Lipinski definition) is 0. The number of ether oxygens (including phenoxy) is 1. The molecule has 1 aromatic heterocycles. The Morgan fingerprint density at radius 3 is 2.44 bits per heavy atom. The molecule has 0 unspecified atom stereocenters. The maximum absolute atomic E-state index is 13.8. The molecule has 2 aromatic carbocycles. The lowest BCUT2D eigenvalue weighted by molar-refractivity contribution is -0.134. The first-order valence-electron chi connectivity index (χ1n) is 8.53. The number of rotatable bonds is 5. The summed E-state index contributed by atoms with van der Waals surface area (Å²) in [5.41, 5.74) is 2.55. The standard InChI is InChI=1S/C21H19F2NO3/c1-12-7-8-13(2)21(14(12)3)27-19(25)10-9-18-24-11-17(26-18)20-15(22)5-4-6-16(20)23/h4-8,11H,9-10H2,1-3H3. The van der Waals surface area contributed by atoms with Gasteiger partial charge < -0.3 is 9.15 Å². The normalized spacial score (nSPS) is 10.9. The molecule has 0 aliphatic rings. The van der Waals surface area contributed by atoms with Crippen LogP contribution in [-0.4, -0.2) is 11.0 Å². The molecule has 0 aliphatic heterocycles. The summed E-state index contributed by atoms with van der Waals surface area (Å²) in [4.78, 5) is 16.2. The zero-order valence-corrected chi connectivity index (χ0v) is 15.3. The van der Waals surface area contributed by atoms with Crippen molar-refractivity contribution in [2.45, 2.75) is 33.6 Å². The first kappa shape index (κ1) is 18.8. The van der Waals surface area contributed by atoms with Crippen LogP contribution in [0.4, 0.5) is 8.78 Å². The molecular formula is C21H19F2NO3. The molecule has 3 rings (SSSR count). The predicted octanol–water partition coefficient (Wildman–Crippen LogP) is 5.08. The zero-order chi connectivity index (χ0) is 19.6. The van der Waals surface area contributed by atoms with Crippen molar-refractivity contribution in [1.29, 1.82) is 0 Å². The van der Waals surface area contributed by atoms with Crippen LogP contribution < -0.4 is 4.74 Å². The Morgan fingerprint density at radius 2 is 1.74 bits per heavy atom. The highest BCUT2D eigenvalue weighted by molar-refractivity contribution is 5.73. The van der Waals surface area contributed by atoms with Gasteiger partial charge in [-0.25, -0.2) is 13.8 Å². The van der Waals surface area contributed by atoms with E-state index >= 15 is 0 Å². The van der Waals surface area contributed by atoms with E-state index in [4.69, 9.17) is 9.15 Å². The molecule has 0 bridgehead atoms. The van der Waals surface area contributed by atoms with E-state index in [9.17, 15) is 13.6 Å². The Balaban J connectivity index is 1.67. The molecular weight excluding hydrogens is 352 g/mol. The number of oxazole rings is 1. The molecule has 0 spiro atoms. The maximum atomic E-state index is 13.8. The number of nitrogens with zero attached hydrogens (tertiary/aromatic N) is 1. The lowest BCUT2D eigenvalue weighted by Crippen LogP contribution is -2.11. The lowest BCUT2D eigenvalue weighted by atomic mass is 10.1. The van der Waals surface area contributed by atoms with Crippen LogP contribution >= 0.6 is 0 Å². The topological polar surface area (TPSA) is 52.3 Å². The van der Waals surface area contributed by atoms with Gasteiger partial charge in [-0.15, -0.1) is 0 Å². The minimum atomic E-state index is -0.734. The smallest absolute Gasteiger partial charge is 0.311 e. The number of hydrogen-bond acceptors (Lipinski definition) is 4. The summed E-state index contributed by atoms with van der Waals surface area (Å²) in [5.74, 6) is -1.14. The molecule has 0 amide bonds. The zero-order valence-electron chi connectivity index (χ0n) is 15.3. The quantitative estimate of drug-likeness (QED) is 0.463. The van der Waals surface area contributed by atoms with Crippen molar-refractivity contribution in [1.82, 2.24) is 4.98 Å². The SMILES string of the molecule is Cc1ccc(C)c(OC(=O)CCc2ncc(-c3c(F)cccc3F)o2)c1C. The van der Waals surface area contributed by atoms with E-state index in [2.05, 4.69) is 4.98 Å². The lowest BCUT2D eigenvalue weighted by Gasteiger charge is -2.12. The van der Waals surface area contributed by atoms with Crippen LogP contribution in [-0.2, 0) is 11.2 Å². The third kappa shape index (κ3) is 4.05. The van der Waals surface area contributed by atoms with Gasteiger partial charge in [-0.1, -0.05) is 18.2 Å². The predicted molar refractivity (Wildman–Crippen MR) is 96.5 cm³/mol. The first-order valence-corrected chi connectivity index (χ1v) is 8.53. The highest BCUT2D eigenvalue weighted by Gasteiger charge is 2.17. The third-order valence-electron chi connectivity index (χ3n) is 4.40. The Labute approximate surface area is 155 Å². The van der Waals surface area contributed by atoms with Crippen LogP contribution in [0.2, 0.25) is 0 Å². The van der Waals surface area contributed by atoms with Crippen molar-refractivity contribution >= 4 is 5.97 Å². The molecule has 0 N–H and O–H groups in total. The maximum Gasteiger partial charge on any atom is 0.311 e. The molecule has 3 aromatic rings. The van der Waals surface area contributed by atoms with Crippen molar-refractivity contribution in [2.75, 3.05) is 0 Å². The highest BCUT2D eigenvalue weighted by Crippen LogP contribution is 2.28. The first-order chi connectivity index (χ1) is 12.9. The second kappa shape index (κ2) is 7.70. The summed E-state index contributed by atoms with van der Waals surface area (Å²) in [6, 6.07) is 7.43. The molecule has 0 atom stereocenters. The van der Waals surface area contributed by atoms with Crippen LogP contribution in [0.15, 0.2) is 40.9 Å². The van der Waals surface area contributed by atoms with Crippen molar-refractivity contribution < 1.29 is 22.7 Å². The molecule has 0 saturated heterocycles.